The van der Waals surface area contributed by atoms with Crippen LogP contribution in [0.2, 0.25) is 0 Å². The fourth-order valence-corrected chi connectivity index (χ4v) is 4.66. The molecule has 5 heteroatoms. The van der Waals surface area contributed by atoms with Gasteiger partial charge in [0.25, 0.3) is 0 Å². The summed E-state index contributed by atoms with van der Waals surface area (Å²) in [6.07, 6.45) is 8.72. The van der Waals surface area contributed by atoms with Gasteiger partial charge in [-0.15, -0.1) is 0 Å². The van der Waals surface area contributed by atoms with Gasteiger partial charge in [0.2, 0.25) is 0 Å². The Labute approximate surface area is 199 Å². The number of allylic oxidation sites excluding steroid dienone is 6. The van der Waals surface area contributed by atoms with Crippen molar-refractivity contribution < 1.29 is 22.7 Å². The topological polar surface area (TPSA) is 20.2 Å². The molecule has 2 aliphatic carbocycles. The molecule has 0 heterocycles. The van der Waals surface area contributed by atoms with Gasteiger partial charge >= 0.3 is 6.18 Å². The minimum atomic E-state index is -4.46. The lowest BCUT2D eigenvalue weighted by atomic mass is 9.77. The van der Waals surface area contributed by atoms with E-state index in [0.717, 1.165) is 12.1 Å². The van der Waals surface area contributed by atoms with Crippen LogP contribution in [0.3, 0.4) is 0 Å². The van der Waals surface area contributed by atoms with Crippen molar-refractivity contribution in [2.75, 3.05) is 6.67 Å². The summed E-state index contributed by atoms with van der Waals surface area (Å²) in [4.78, 5) is 0. The van der Waals surface area contributed by atoms with Crippen LogP contribution in [-0.2, 0) is 19.2 Å². The molecule has 1 atom stereocenters. The molecule has 0 aliphatic heterocycles. The molecule has 4 rings (SSSR count). The van der Waals surface area contributed by atoms with E-state index < -0.39 is 25.0 Å². The van der Waals surface area contributed by atoms with Gasteiger partial charge in [-0.25, -0.2) is 0 Å². The van der Waals surface area contributed by atoms with E-state index in [1.165, 1.54) is 43.7 Å². The summed E-state index contributed by atoms with van der Waals surface area (Å²) in [6.45, 7) is 1.07. The van der Waals surface area contributed by atoms with E-state index in [4.69, 9.17) is 5.11 Å². The summed E-state index contributed by atoms with van der Waals surface area (Å²) in [5.41, 5.74) is 5.88. The molecule has 0 radical (unpaired) electrons. The second-order valence-electron chi connectivity index (χ2n) is 8.76. The van der Waals surface area contributed by atoms with Crippen LogP contribution in [0, 0.1) is 0 Å². The van der Waals surface area contributed by atoms with Gasteiger partial charge < -0.3 is 5.11 Å². The second-order valence-corrected chi connectivity index (χ2v) is 8.76. The minimum Gasteiger partial charge on any atom is -0.392 e. The van der Waals surface area contributed by atoms with Crippen LogP contribution in [0.5, 0.6) is 0 Å². The molecule has 0 aromatic heterocycles. The van der Waals surface area contributed by atoms with Crippen molar-refractivity contribution in [1.29, 1.82) is 0 Å². The minimum absolute atomic E-state index is 0.0725. The van der Waals surface area contributed by atoms with Gasteiger partial charge in [0.1, 0.15) is 0 Å². The molecule has 0 saturated carbocycles. The van der Waals surface area contributed by atoms with Gasteiger partial charge in [0, 0.05) is 12.3 Å². The highest BCUT2D eigenvalue weighted by Gasteiger charge is 2.31. The molecule has 2 aromatic rings. The standard InChI is InChI=1S/C19H22.C10H10F4O/c1-2-15-8-6-12-19-17(14-15)11-7-13-18(19)16-9-4-3-5-10-16;11-2-1-7-3-8(6-15)5-9(4-7)10(12,13)14/h3-6,8-10,12,18H,2,7,11,13-14H2,1H3;3-5,15H,1-2,6H2. The summed E-state index contributed by atoms with van der Waals surface area (Å²) >= 11 is 0. The third-order valence-electron chi connectivity index (χ3n) is 6.40. The molecular formula is C29H32F4O. The maximum atomic E-state index is 12.3. The first kappa shape index (κ1) is 26.0. The van der Waals surface area contributed by atoms with Crippen LogP contribution in [-0.4, -0.2) is 11.8 Å². The number of hydrogen-bond donors (Lipinski definition) is 1. The van der Waals surface area contributed by atoms with Gasteiger partial charge in [-0.1, -0.05) is 72.7 Å². The predicted molar refractivity (Wildman–Crippen MR) is 129 cm³/mol. The second kappa shape index (κ2) is 12.2. The van der Waals surface area contributed by atoms with Gasteiger partial charge in [-0.05, 0) is 66.5 Å². The van der Waals surface area contributed by atoms with Crippen molar-refractivity contribution in [2.24, 2.45) is 0 Å². The van der Waals surface area contributed by atoms with Crippen LogP contribution >= 0.6 is 0 Å². The first-order valence-electron chi connectivity index (χ1n) is 11.9. The van der Waals surface area contributed by atoms with Crippen molar-refractivity contribution in [3.63, 3.8) is 0 Å². The average Bonchev–Trinajstić information content (AvgIpc) is 3.06. The highest BCUT2D eigenvalue weighted by Crippen LogP contribution is 2.41. The number of benzene rings is 2. The predicted octanol–water partition coefficient (Wildman–Crippen LogP) is 8.26. The summed E-state index contributed by atoms with van der Waals surface area (Å²) < 4.78 is 49.0. The van der Waals surface area contributed by atoms with E-state index in [1.54, 1.807) is 16.7 Å². The largest absolute Gasteiger partial charge is 0.416 e. The van der Waals surface area contributed by atoms with Gasteiger partial charge in [0.05, 0.1) is 18.8 Å². The zero-order valence-corrected chi connectivity index (χ0v) is 19.5. The Morgan fingerprint density at radius 3 is 2.41 bits per heavy atom. The number of aryl methyl sites for hydroxylation is 1. The number of aliphatic hydroxyl groups excluding tert-OH is 1. The van der Waals surface area contributed by atoms with Crippen molar-refractivity contribution in [3.8, 4) is 0 Å². The molecule has 182 valence electrons. The smallest absolute Gasteiger partial charge is 0.392 e. The van der Waals surface area contributed by atoms with Crippen molar-refractivity contribution in [2.45, 2.75) is 64.1 Å². The molecule has 2 aliphatic rings. The van der Waals surface area contributed by atoms with Crippen molar-refractivity contribution >= 4 is 0 Å². The lowest BCUT2D eigenvalue weighted by Crippen LogP contribution is -2.10. The first-order valence-corrected chi connectivity index (χ1v) is 11.9. The fourth-order valence-electron chi connectivity index (χ4n) is 4.66. The van der Waals surface area contributed by atoms with Crippen LogP contribution in [0.25, 0.3) is 0 Å². The van der Waals surface area contributed by atoms with E-state index in [2.05, 4.69) is 55.5 Å². The van der Waals surface area contributed by atoms with Crippen molar-refractivity contribution in [1.82, 2.24) is 0 Å². The Bertz CT molecular complexity index is 1030. The average molecular weight is 473 g/mol. The summed E-state index contributed by atoms with van der Waals surface area (Å²) in [5, 5.41) is 8.76. The van der Waals surface area contributed by atoms with E-state index in [9.17, 15) is 17.6 Å². The monoisotopic (exact) mass is 472 g/mol. The Kier molecular flexibility index (Phi) is 9.28. The van der Waals surface area contributed by atoms with E-state index in [1.807, 2.05) is 0 Å². The Balaban J connectivity index is 0.000000197. The number of alkyl halides is 4. The van der Waals surface area contributed by atoms with E-state index >= 15 is 0 Å². The maximum absolute atomic E-state index is 12.3. The third-order valence-corrected chi connectivity index (χ3v) is 6.40. The van der Waals surface area contributed by atoms with Gasteiger partial charge in [-0.2, -0.15) is 13.2 Å². The molecule has 0 amide bonds. The van der Waals surface area contributed by atoms with Crippen LogP contribution in [0.4, 0.5) is 17.6 Å². The molecule has 1 nitrogen and oxygen atoms in total. The maximum Gasteiger partial charge on any atom is 0.416 e. The number of aliphatic hydroxyl groups is 1. The molecule has 0 saturated heterocycles. The lowest BCUT2D eigenvalue weighted by molar-refractivity contribution is -0.137. The summed E-state index contributed by atoms with van der Waals surface area (Å²) in [5.74, 6) is 0.616. The number of hydrogen-bond acceptors (Lipinski definition) is 1. The normalized spacial score (nSPS) is 17.9. The lowest BCUT2D eigenvalue weighted by Gasteiger charge is -2.27. The Morgan fingerprint density at radius 1 is 1.03 bits per heavy atom. The van der Waals surface area contributed by atoms with E-state index in [0.29, 0.717) is 5.92 Å². The highest BCUT2D eigenvalue weighted by atomic mass is 19.4. The quantitative estimate of drug-likeness (QED) is 0.434. The molecule has 2 aromatic carbocycles. The summed E-state index contributed by atoms with van der Waals surface area (Å²) in [7, 11) is 0. The van der Waals surface area contributed by atoms with Crippen molar-refractivity contribution in [3.05, 3.63) is 106 Å². The highest BCUT2D eigenvalue weighted by molar-refractivity contribution is 5.44. The zero-order valence-electron chi connectivity index (χ0n) is 19.5. The number of halogens is 4. The zero-order chi connectivity index (χ0) is 24.6. The van der Waals surface area contributed by atoms with Gasteiger partial charge in [-0.3, -0.25) is 4.39 Å². The molecule has 0 fully saturated rings. The molecule has 0 spiro atoms. The fraction of sp³-hybridized carbons (Fsp3) is 0.379. The third kappa shape index (κ3) is 6.92. The van der Waals surface area contributed by atoms with Gasteiger partial charge in [0.15, 0.2) is 0 Å². The SMILES string of the molecule is CCC1=CC=CC2=C(CCCC2c2ccccc2)C1.OCc1cc(CCF)cc(C(F)(F)F)c1. The molecule has 1 unspecified atom stereocenters. The van der Waals surface area contributed by atoms with Crippen LogP contribution in [0.1, 0.15) is 67.2 Å². The van der Waals surface area contributed by atoms with Crippen LogP contribution < -0.4 is 0 Å². The Hall–Kier alpha value is -2.66. The Morgan fingerprint density at radius 2 is 1.76 bits per heavy atom. The molecule has 34 heavy (non-hydrogen) atoms. The molecule has 1 N–H and O–H groups in total. The number of rotatable bonds is 5. The summed E-state index contributed by atoms with van der Waals surface area (Å²) in [6, 6.07) is 14.2. The van der Waals surface area contributed by atoms with Crippen LogP contribution in [0.15, 0.2) is 83.5 Å². The molecule has 0 bridgehead atoms. The van der Waals surface area contributed by atoms with E-state index in [-0.39, 0.29) is 17.5 Å². The first-order chi connectivity index (χ1) is 16.4. The molecular weight excluding hydrogens is 440 g/mol.